The fraction of sp³-hybridized carbons (Fsp3) is 0.625. The molecule has 0 saturated heterocycles. The molecule has 3 fully saturated rings. The Morgan fingerprint density at radius 1 is 0.611 bits per heavy atom. The Kier molecular flexibility index (Phi) is 1.55. The molecule has 0 N–H and O–H groups in total. The smallest absolute Gasteiger partial charge is 0.147 e. The van der Waals surface area contributed by atoms with Crippen molar-refractivity contribution in [3.8, 4) is 0 Å². The Bertz CT molecular complexity index is 441. The molecule has 0 amide bonds. The molecule has 3 saturated carbocycles. The van der Waals surface area contributed by atoms with E-state index in [1.54, 1.807) is 0 Å². The van der Waals surface area contributed by atoms with Crippen LogP contribution in [0.1, 0.15) is 12.8 Å². The van der Waals surface area contributed by atoms with Gasteiger partial charge in [-0.3, -0.25) is 9.59 Å². The van der Waals surface area contributed by atoms with Crippen molar-refractivity contribution in [3.05, 3.63) is 24.3 Å². The van der Waals surface area contributed by atoms with E-state index in [-0.39, 0.29) is 23.7 Å². The average molecular weight is 240 g/mol. The minimum atomic E-state index is 0.194. The van der Waals surface area contributed by atoms with Crippen molar-refractivity contribution in [2.45, 2.75) is 12.8 Å². The van der Waals surface area contributed by atoms with Gasteiger partial charge in [0.1, 0.15) is 11.6 Å². The van der Waals surface area contributed by atoms with E-state index in [0.29, 0.717) is 35.2 Å². The summed E-state index contributed by atoms with van der Waals surface area (Å²) in [5.74, 6) is 3.91. The van der Waals surface area contributed by atoms with Crippen molar-refractivity contribution in [3.63, 3.8) is 0 Å². The van der Waals surface area contributed by atoms with E-state index >= 15 is 0 Å². The predicted molar refractivity (Wildman–Crippen MR) is 65.4 cm³/mol. The number of Topliss-reactive ketones (excluding diaryl/α,β-unsaturated/α-hetero) is 2. The van der Waals surface area contributed by atoms with Gasteiger partial charge in [-0.15, -0.1) is 0 Å². The topological polar surface area (TPSA) is 34.1 Å². The third-order valence-corrected chi connectivity index (χ3v) is 6.40. The summed E-state index contributed by atoms with van der Waals surface area (Å²) in [5, 5.41) is 0. The van der Waals surface area contributed by atoms with Crippen LogP contribution in [0, 0.1) is 47.3 Å². The molecular weight excluding hydrogens is 224 g/mol. The molecule has 0 aromatic rings. The second-order valence-corrected chi connectivity index (χ2v) is 6.80. The molecule has 0 radical (unpaired) electrons. The summed E-state index contributed by atoms with van der Waals surface area (Å²) >= 11 is 0. The Morgan fingerprint density at radius 3 is 1.17 bits per heavy atom. The van der Waals surface area contributed by atoms with E-state index in [4.69, 9.17) is 0 Å². The summed E-state index contributed by atoms with van der Waals surface area (Å²) in [6.07, 6.45) is 10.8. The van der Waals surface area contributed by atoms with Crippen molar-refractivity contribution in [1.82, 2.24) is 0 Å². The molecule has 0 aliphatic heterocycles. The number of hydrogen-bond acceptors (Lipinski definition) is 2. The van der Waals surface area contributed by atoms with Crippen LogP contribution in [0.2, 0.25) is 0 Å². The number of carbonyl (C=O) groups excluding carboxylic acids is 2. The SMILES string of the molecule is O=C1C2C=CC1C1CC3C4C=CC(C4=O)C3CC21. The largest absolute Gasteiger partial charge is 0.298 e. The second-order valence-electron chi connectivity index (χ2n) is 6.80. The zero-order valence-corrected chi connectivity index (χ0v) is 10.2. The predicted octanol–water partition coefficient (Wildman–Crippen LogP) is 2.01. The van der Waals surface area contributed by atoms with Crippen LogP contribution in [0.25, 0.3) is 0 Å². The monoisotopic (exact) mass is 240 g/mol. The maximum absolute atomic E-state index is 12.2. The maximum Gasteiger partial charge on any atom is 0.147 e. The summed E-state index contributed by atoms with van der Waals surface area (Å²) in [6, 6.07) is 0. The van der Waals surface area contributed by atoms with Crippen LogP contribution in [0.5, 0.6) is 0 Å². The highest BCUT2D eigenvalue weighted by molar-refractivity contribution is 5.94. The Labute approximate surface area is 106 Å². The highest BCUT2D eigenvalue weighted by Gasteiger charge is 2.61. The quantitative estimate of drug-likeness (QED) is 0.607. The number of rotatable bonds is 0. The molecular formula is C16H16O2. The Hall–Kier alpha value is -1.18. The molecule has 0 heterocycles. The number of carbonyl (C=O) groups is 2. The van der Waals surface area contributed by atoms with Crippen LogP contribution in [-0.2, 0) is 9.59 Å². The van der Waals surface area contributed by atoms with Gasteiger partial charge in [0, 0.05) is 23.7 Å². The number of allylic oxidation sites excluding steroid dienone is 4. The van der Waals surface area contributed by atoms with E-state index in [0.717, 1.165) is 12.8 Å². The summed E-state index contributed by atoms with van der Waals surface area (Å²) in [4.78, 5) is 24.3. The molecule has 4 bridgehead atoms. The molecule has 5 aliphatic rings. The first-order chi connectivity index (χ1) is 8.75. The lowest BCUT2D eigenvalue weighted by atomic mass is 9.62. The van der Waals surface area contributed by atoms with Crippen LogP contribution in [0.4, 0.5) is 0 Å². The molecule has 8 atom stereocenters. The van der Waals surface area contributed by atoms with Crippen molar-refractivity contribution in [1.29, 1.82) is 0 Å². The molecule has 2 heteroatoms. The second kappa shape index (κ2) is 2.87. The van der Waals surface area contributed by atoms with Gasteiger partial charge in [0.2, 0.25) is 0 Å². The van der Waals surface area contributed by atoms with E-state index in [2.05, 4.69) is 24.3 Å². The van der Waals surface area contributed by atoms with Gasteiger partial charge in [-0.2, -0.15) is 0 Å². The van der Waals surface area contributed by atoms with E-state index in [1.165, 1.54) is 0 Å². The van der Waals surface area contributed by atoms with Gasteiger partial charge in [0.25, 0.3) is 0 Å². The summed E-state index contributed by atoms with van der Waals surface area (Å²) in [5.41, 5.74) is 0. The van der Waals surface area contributed by atoms with E-state index in [9.17, 15) is 9.59 Å². The fourth-order valence-electron chi connectivity index (χ4n) is 5.70. The van der Waals surface area contributed by atoms with Crippen molar-refractivity contribution in [2.75, 3.05) is 0 Å². The summed E-state index contributed by atoms with van der Waals surface area (Å²) in [6.45, 7) is 0. The minimum Gasteiger partial charge on any atom is -0.298 e. The minimum absolute atomic E-state index is 0.194. The van der Waals surface area contributed by atoms with Crippen molar-refractivity contribution < 1.29 is 9.59 Å². The maximum atomic E-state index is 12.2. The molecule has 0 aromatic heterocycles. The number of hydrogen-bond donors (Lipinski definition) is 0. The van der Waals surface area contributed by atoms with Crippen LogP contribution < -0.4 is 0 Å². The first-order valence-electron chi connectivity index (χ1n) is 7.20. The number of ketones is 2. The molecule has 5 aliphatic carbocycles. The molecule has 8 unspecified atom stereocenters. The number of fused-ring (bicyclic) bond motifs is 10. The lowest BCUT2D eigenvalue weighted by Crippen LogP contribution is -2.35. The summed E-state index contributed by atoms with van der Waals surface area (Å²) in [7, 11) is 0. The first-order valence-corrected chi connectivity index (χ1v) is 7.20. The van der Waals surface area contributed by atoms with Gasteiger partial charge in [-0.25, -0.2) is 0 Å². The Balaban J connectivity index is 1.55. The third-order valence-electron chi connectivity index (χ3n) is 6.40. The first kappa shape index (κ1) is 9.71. The van der Waals surface area contributed by atoms with Gasteiger partial charge >= 0.3 is 0 Å². The highest BCUT2D eigenvalue weighted by atomic mass is 16.1. The lowest BCUT2D eigenvalue weighted by molar-refractivity contribution is -0.121. The zero-order valence-electron chi connectivity index (χ0n) is 10.2. The summed E-state index contributed by atoms with van der Waals surface area (Å²) < 4.78 is 0. The Morgan fingerprint density at radius 2 is 0.889 bits per heavy atom. The van der Waals surface area contributed by atoms with Crippen LogP contribution >= 0.6 is 0 Å². The average Bonchev–Trinajstić information content (AvgIpc) is 3.06. The van der Waals surface area contributed by atoms with Crippen LogP contribution in [0.3, 0.4) is 0 Å². The molecule has 2 nitrogen and oxygen atoms in total. The normalized spacial score (nSPS) is 58.4. The molecule has 0 spiro atoms. The van der Waals surface area contributed by atoms with Gasteiger partial charge in [0.15, 0.2) is 0 Å². The van der Waals surface area contributed by atoms with Gasteiger partial charge in [0.05, 0.1) is 0 Å². The van der Waals surface area contributed by atoms with E-state index in [1.807, 2.05) is 0 Å². The molecule has 5 rings (SSSR count). The third kappa shape index (κ3) is 0.877. The van der Waals surface area contributed by atoms with Gasteiger partial charge in [-0.05, 0) is 36.5 Å². The lowest BCUT2D eigenvalue weighted by Gasteiger charge is -2.41. The van der Waals surface area contributed by atoms with Crippen molar-refractivity contribution in [2.24, 2.45) is 47.3 Å². The van der Waals surface area contributed by atoms with E-state index < -0.39 is 0 Å². The highest BCUT2D eigenvalue weighted by Crippen LogP contribution is 2.61. The molecule has 0 aromatic carbocycles. The standard InChI is InChI=1S/C16H16O2/c17-15-7-1-2-8(15)12-6-14-10-4-3-9(16(10)18)13(14)5-11(7)12/h1-4,7-14H,5-6H2. The molecule has 18 heavy (non-hydrogen) atoms. The van der Waals surface area contributed by atoms with Crippen LogP contribution in [-0.4, -0.2) is 11.6 Å². The molecule has 92 valence electrons. The fourth-order valence-corrected chi connectivity index (χ4v) is 5.70. The zero-order chi connectivity index (χ0) is 12.0. The van der Waals surface area contributed by atoms with Gasteiger partial charge < -0.3 is 0 Å². The van der Waals surface area contributed by atoms with Crippen LogP contribution in [0.15, 0.2) is 24.3 Å². The van der Waals surface area contributed by atoms with Gasteiger partial charge in [-0.1, -0.05) is 24.3 Å². The van der Waals surface area contributed by atoms with Crippen molar-refractivity contribution >= 4 is 11.6 Å².